The van der Waals surface area contributed by atoms with Gasteiger partial charge in [-0.1, -0.05) is 0 Å². The van der Waals surface area contributed by atoms with E-state index in [1.165, 1.54) is 12.1 Å². The van der Waals surface area contributed by atoms with Gasteiger partial charge in [0.15, 0.2) is 0 Å². The van der Waals surface area contributed by atoms with Crippen LogP contribution in [0.25, 0.3) is 0 Å². The van der Waals surface area contributed by atoms with Crippen molar-refractivity contribution in [3.8, 4) is 0 Å². The Morgan fingerprint density at radius 3 is 2.72 bits per heavy atom. The van der Waals surface area contributed by atoms with Crippen molar-refractivity contribution in [2.75, 3.05) is 31.2 Å². The third kappa shape index (κ3) is 2.61. The van der Waals surface area contributed by atoms with E-state index < -0.39 is 17.7 Å². The fourth-order valence-electron chi connectivity index (χ4n) is 2.10. The number of anilines is 1. The van der Waals surface area contributed by atoms with Crippen LogP contribution >= 0.6 is 0 Å². The Kier molecular flexibility index (Phi) is 3.81. The highest BCUT2D eigenvalue weighted by atomic mass is 19.1. The lowest BCUT2D eigenvalue weighted by Crippen LogP contribution is -2.37. The summed E-state index contributed by atoms with van der Waals surface area (Å²) in [6.07, 6.45) is 0. The summed E-state index contributed by atoms with van der Waals surface area (Å²) in [6, 6.07) is 4.32. The first kappa shape index (κ1) is 12.8. The van der Waals surface area contributed by atoms with Crippen molar-refractivity contribution in [2.24, 2.45) is 0 Å². The van der Waals surface area contributed by atoms with E-state index in [0.717, 1.165) is 5.69 Å². The molecule has 1 fully saturated rings. The maximum atomic E-state index is 13.3. The largest absolute Gasteiger partial charge is 0.481 e. The lowest BCUT2D eigenvalue weighted by molar-refractivity contribution is -0.138. The number of nitrogens with zero attached hydrogens (tertiary/aromatic N) is 1. The van der Waals surface area contributed by atoms with Crippen LogP contribution in [0.15, 0.2) is 18.2 Å². The molecular weight excluding hydrogens is 237 g/mol. The van der Waals surface area contributed by atoms with Crippen molar-refractivity contribution in [1.29, 1.82) is 0 Å². The molecule has 5 heteroatoms. The number of halogens is 1. The minimum absolute atomic E-state index is 0.407. The number of morpholine rings is 1. The lowest BCUT2D eigenvalue weighted by atomic mass is 9.98. The fourth-order valence-corrected chi connectivity index (χ4v) is 2.10. The SMILES string of the molecule is CC(C(=O)O)c1cc(F)ccc1N1CCOCC1. The number of carboxylic acids is 1. The van der Waals surface area contributed by atoms with Gasteiger partial charge in [-0.2, -0.15) is 0 Å². The highest BCUT2D eigenvalue weighted by Crippen LogP contribution is 2.29. The van der Waals surface area contributed by atoms with Gasteiger partial charge < -0.3 is 14.7 Å². The number of carboxylic acid groups (broad SMARTS) is 1. The smallest absolute Gasteiger partial charge is 0.310 e. The van der Waals surface area contributed by atoms with Gasteiger partial charge in [0.2, 0.25) is 0 Å². The zero-order valence-corrected chi connectivity index (χ0v) is 10.2. The average molecular weight is 253 g/mol. The first-order valence-electron chi connectivity index (χ1n) is 5.94. The van der Waals surface area contributed by atoms with Gasteiger partial charge in [-0.15, -0.1) is 0 Å². The van der Waals surface area contributed by atoms with Crippen molar-refractivity contribution in [3.05, 3.63) is 29.6 Å². The van der Waals surface area contributed by atoms with Gasteiger partial charge in [-0.05, 0) is 30.7 Å². The Morgan fingerprint density at radius 2 is 2.11 bits per heavy atom. The average Bonchev–Trinajstić information content (AvgIpc) is 2.38. The topological polar surface area (TPSA) is 49.8 Å². The van der Waals surface area contributed by atoms with Crippen LogP contribution in [0.2, 0.25) is 0 Å². The number of rotatable bonds is 3. The molecule has 2 rings (SSSR count). The number of aliphatic carboxylic acids is 1. The fraction of sp³-hybridized carbons (Fsp3) is 0.462. The number of carbonyl (C=O) groups is 1. The number of benzene rings is 1. The molecule has 98 valence electrons. The molecule has 0 amide bonds. The van der Waals surface area contributed by atoms with E-state index in [-0.39, 0.29) is 0 Å². The second-order valence-electron chi connectivity index (χ2n) is 4.36. The van der Waals surface area contributed by atoms with Crippen molar-refractivity contribution < 1.29 is 19.0 Å². The minimum Gasteiger partial charge on any atom is -0.481 e. The minimum atomic E-state index is -0.949. The van der Waals surface area contributed by atoms with Gasteiger partial charge in [-0.25, -0.2) is 4.39 Å². The Morgan fingerprint density at radius 1 is 1.44 bits per heavy atom. The number of hydrogen-bond donors (Lipinski definition) is 1. The number of hydrogen-bond acceptors (Lipinski definition) is 3. The summed E-state index contributed by atoms with van der Waals surface area (Å²) < 4.78 is 18.6. The molecule has 1 aliphatic heterocycles. The molecule has 1 aromatic rings. The Hall–Kier alpha value is -1.62. The van der Waals surface area contributed by atoms with Crippen LogP contribution < -0.4 is 4.90 Å². The lowest BCUT2D eigenvalue weighted by Gasteiger charge is -2.31. The second kappa shape index (κ2) is 5.35. The second-order valence-corrected chi connectivity index (χ2v) is 4.36. The first-order valence-corrected chi connectivity index (χ1v) is 5.94. The van der Waals surface area contributed by atoms with Gasteiger partial charge in [0, 0.05) is 18.8 Å². The molecule has 1 saturated heterocycles. The van der Waals surface area contributed by atoms with E-state index in [0.29, 0.717) is 31.9 Å². The van der Waals surface area contributed by atoms with Crippen LogP contribution in [0.3, 0.4) is 0 Å². The van der Waals surface area contributed by atoms with E-state index in [4.69, 9.17) is 9.84 Å². The Balaban J connectivity index is 2.36. The molecule has 1 aromatic carbocycles. The van der Waals surface area contributed by atoms with Crippen LogP contribution in [-0.4, -0.2) is 37.4 Å². The summed E-state index contributed by atoms with van der Waals surface area (Å²) in [6.45, 7) is 4.19. The van der Waals surface area contributed by atoms with Crippen LogP contribution in [-0.2, 0) is 9.53 Å². The molecule has 4 nitrogen and oxygen atoms in total. The van der Waals surface area contributed by atoms with Crippen LogP contribution in [0.4, 0.5) is 10.1 Å². The van der Waals surface area contributed by atoms with E-state index in [9.17, 15) is 9.18 Å². The number of ether oxygens (including phenoxy) is 1. The van der Waals surface area contributed by atoms with Crippen LogP contribution in [0, 0.1) is 5.82 Å². The predicted octanol–water partition coefficient (Wildman–Crippen LogP) is 1.85. The summed E-state index contributed by atoms with van der Waals surface area (Å²) in [5.74, 6) is -2.08. The molecule has 0 bridgehead atoms. The predicted molar refractivity (Wildman–Crippen MR) is 65.5 cm³/mol. The van der Waals surface area contributed by atoms with E-state index in [2.05, 4.69) is 0 Å². The molecule has 0 spiro atoms. The monoisotopic (exact) mass is 253 g/mol. The van der Waals surface area contributed by atoms with Crippen LogP contribution in [0.1, 0.15) is 18.4 Å². The summed E-state index contributed by atoms with van der Waals surface area (Å²) in [7, 11) is 0. The van der Waals surface area contributed by atoms with Gasteiger partial charge in [0.1, 0.15) is 5.82 Å². The summed E-state index contributed by atoms with van der Waals surface area (Å²) in [5.41, 5.74) is 1.30. The molecule has 0 aromatic heterocycles. The summed E-state index contributed by atoms with van der Waals surface area (Å²) in [5, 5.41) is 9.08. The molecule has 1 heterocycles. The Bertz CT molecular complexity index is 444. The van der Waals surface area contributed by atoms with Gasteiger partial charge in [0.25, 0.3) is 0 Å². The molecule has 1 atom stereocenters. The van der Waals surface area contributed by atoms with E-state index >= 15 is 0 Å². The normalized spacial score (nSPS) is 17.6. The molecule has 1 aliphatic rings. The van der Waals surface area contributed by atoms with E-state index in [1.54, 1.807) is 13.0 Å². The van der Waals surface area contributed by atoms with E-state index in [1.807, 2.05) is 4.90 Å². The zero-order valence-electron chi connectivity index (χ0n) is 10.2. The van der Waals surface area contributed by atoms with Crippen molar-refractivity contribution in [1.82, 2.24) is 0 Å². The molecule has 1 unspecified atom stereocenters. The molecular formula is C13H16FNO3. The molecule has 1 N–H and O–H groups in total. The first-order chi connectivity index (χ1) is 8.59. The maximum absolute atomic E-state index is 13.3. The van der Waals surface area contributed by atoms with Gasteiger partial charge in [-0.3, -0.25) is 4.79 Å². The third-order valence-electron chi connectivity index (χ3n) is 3.18. The van der Waals surface area contributed by atoms with Crippen molar-refractivity contribution in [3.63, 3.8) is 0 Å². The third-order valence-corrected chi connectivity index (χ3v) is 3.18. The van der Waals surface area contributed by atoms with Crippen molar-refractivity contribution in [2.45, 2.75) is 12.8 Å². The summed E-state index contributed by atoms with van der Waals surface area (Å²) in [4.78, 5) is 13.1. The van der Waals surface area contributed by atoms with Crippen molar-refractivity contribution >= 4 is 11.7 Å². The standard InChI is InChI=1S/C13H16FNO3/c1-9(13(16)17)11-8-10(14)2-3-12(11)15-4-6-18-7-5-15/h2-3,8-9H,4-7H2,1H3,(H,16,17). The quantitative estimate of drug-likeness (QED) is 0.893. The summed E-state index contributed by atoms with van der Waals surface area (Å²) >= 11 is 0. The molecule has 0 saturated carbocycles. The van der Waals surface area contributed by atoms with Gasteiger partial charge in [0.05, 0.1) is 19.1 Å². The molecule has 0 aliphatic carbocycles. The zero-order chi connectivity index (χ0) is 13.1. The molecule has 18 heavy (non-hydrogen) atoms. The van der Waals surface area contributed by atoms with Crippen LogP contribution in [0.5, 0.6) is 0 Å². The molecule has 0 radical (unpaired) electrons. The highest BCUT2D eigenvalue weighted by Gasteiger charge is 2.22. The Labute approximate surface area is 105 Å². The van der Waals surface area contributed by atoms with Gasteiger partial charge >= 0.3 is 5.97 Å². The highest BCUT2D eigenvalue weighted by molar-refractivity contribution is 5.78. The maximum Gasteiger partial charge on any atom is 0.310 e.